The normalized spacial score (nSPS) is 12.2. The summed E-state index contributed by atoms with van der Waals surface area (Å²) in [5.41, 5.74) is 7.62. The van der Waals surface area contributed by atoms with Crippen LogP contribution >= 0.6 is 0 Å². The summed E-state index contributed by atoms with van der Waals surface area (Å²) < 4.78 is 0. The maximum Gasteiger partial charge on any atom is 1.00 e. The van der Waals surface area contributed by atoms with Crippen LogP contribution < -0.4 is 51.4 Å². The number of rotatable bonds is 9. The third kappa shape index (κ3) is 15.9. The van der Waals surface area contributed by atoms with E-state index < -0.39 is 4.92 Å². The summed E-state index contributed by atoms with van der Waals surface area (Å²) in [6.07, 6.45) is 7.93. The minimum atomic E-state index is -0.421. The summed E-state index contributed by atoms with van der Waals surface area (Å²) in [6, 6.07) is 43.8. The fourth-order valence-electron chi connectivity index (χ4n) is 5.64. The van der Waals surface area contributed by atoms with Crippen LogP contribution in [0, 0.1) is 42.9 Å². The van der Waals surface area contributed by atoms with Gasteiger partial charge in [0.1, 0.15) is 11.8 Å². The minimum absolute atomic E-state index is 0. The zero-order valence-electron chi connectivity index (χ0n) is 33.9. The van der Waals surface area contributed by atoms with Crippen molar-refractivity contribution in [1.29, 1.82) is 10.5 Å². The number of hydrogen-bond acceptors (Lipinski definition) is 10. The molecule has 0 spiro atoms. The number of benzene rings is 5. The summed E-state index contributed by atoms with van der Waals surface area (Å²) in [5.74, 6) is -0.120. The van der Waals surface area contributed by atoms with E-state index in [4.69, 9.17) is 10.5 Å². The van der Waals surface area contributed by atoms with Crippen molar-refractivity contribution in [3.63, 3.8) is 0 Å². The predicted octanol–water partition coefficient (Wildman–Crippen LogP) is 7.83. The van der Waals surface area contributed by atoms with E-state index in [-0.39, 0.29) is 78.9 Å². The first-order valence-electron chi connectivity index (χ1n) is 18.4. The molecule has 2 N–H and O–H groups in total. The van der Waals surface area contributed by atoms with E-state index in [0.717, 1.165) is 34.3 Å². The summed E-state index contributed by atoms with van der Waals surface area (Å²) >= 11 is 0. The Balaban J connectivity index is 0.000000413. The van der Waals surface area contributed by atoms with Gasteiger partial charge in [0, 0.05) is 34.4 Å². The largest absolute Gasteiger partial charge is 1.00 e. The maximum atomic E-state index is 12.2. The van der Waals surface area contributed by atoms with Gasteiger partial charge in [-0.15, -0.1) is 0 Å². The number of carbonyl (C=O) groups is 1. The van der Waals surface area contributed by atoms with Gasteiger partial charge in [-0.3, -0.25) is 25.0 Å². The van der Waals surface area contributed by atoms with E-state index in [0.29, 0.717) is 47.2 Å². The molecule has 0 amide bonds. The van der Waals surface area contributed by atoms with Gasteiger partial charge in [-0.1, -0.05) is 141 Å². The third-order valence-electron chi connectivity index (χ3n) is 8.68. The number of para-hydroxylation sites is 1. The summed E-state index contributed by atoms with van der Waals surface area (Å²) in [6.45, 7) is 5.73. The van der Waals surface area contributed by atoms with Crippen molar-refractivity contribution in [3.05, 3.63) is 216 Å². The van der Waals surface area contributed by atoms with E-state index in [1.54, 1.807) is 54.6 Å². The average molecular weight is 830 g/mol. The fraction of sp³-hybridized carbons (Fsp3) is 0.149. The number of carbonyl (C=O) groups excluding carboxylic acids is 1. The molecule has 5 aromatic carbocycles. The van der Waals surface area contributed by atoms with Gasteiger partial charge in [0.15, 0.2) is 5.78 Å². The van der Waals surface area contributed by atoms with E-state index in [1.165, 1.54) is 18.2 Å². The Hall–Kier alpha value is -6.16. The molecule has 0 saturated heterocycles. The molecule has 5 aromatic rings. The number of nitro groups is 2. The second-order valence-corrected chi connectivity index (χ2v) is 12.4. The van der Waals surface area contributed by atoms with Crippen molar-refractivity contribution in [3.8, 4) is 12.1 Å². The van der Waals surface area contributed by atoms with Crippen LogP contribution in [0.2, 0.25) is 0 Å². The zero-order chi connectivity index (χ0) is 42.3. The van der Waals surface area contributed by atoms with Gasteiger partial charge < -0.3 is 10.7 Å². The summed E-state index contributed by atoms with van der Waals surface area (Å²) in [4.78, 5) is 32.7. The molecule has 0 radical (unpaired) electrons. The summed E-state index contributed by atoms with van der Waals surface area (Å²) in [5, 5.41) is 51.0. The quantitative estimate of drug-likeness (QED) is 0.0382. The smallest absolute Gasteiger partial charge is 0.870 e. The van der Waals surface area contributed by atoms with Gasteiger partial charge in [-0.05, 0) is 65.8 Å². The molecule has 1 aliphatic rings. The first-order chi connectivity index (χ1) is 28.1. The van der Waals surface area contributed by atoms with Crippen LogP contribution in [0.5, 0.6) is 0 Å². The third-order valence-corrected chi connectivity index (χ3v) is 8.68. The zero-order valence-corrected chi connectivity index (χ0v) is 37.1. The van der Waals surface area contributed by atoms with E-state index in [2.05, 4.69) is 17.3 Å². The Bertz CT molecular complexity index is 2380. The molecular weight excluding hydrogens is 786 g/mol. The molecule has 13 heteroatoms. The molecule has 0 saturated carbocycles. The molecule has 12 nitrogen and oxygen atoms in total. The molecule has 0 heterocycles. The molecule has 300 valence electrons. The van der Waals surface area contributed by atoms with Crippen molar-refractivity contribution in [2.45, 2.75) is 46.5 Å². The van der Waals surface area contributed by atoms with Crippen LogP contribution in [-0.2, 0) is 19.3 Å². The van der Waals surface area contributed by atoms with Crippen molar-refractivity contribution in [2.24, 2.45) is 5.16 Å². The van der Waals surface area contributed by atoms with Crippen LogP contribution in [0.4, 0.5) is 11.4 Å². The molecule has 0 fully saturated rings. The Labute approximate surface area is 392 Å². The number of nitro benzene ring substituents is 2. The maximum absolute atomic E-state index is 12.2. The Morgan fingerprint density at radius 1 is 0.667 bits per heavy atom. The Morgan fingerprint density at radius 2 is 1.18 bits per heavy atom. The number of hydrogen-bond donors (Lipinski definition) is 1. The number of oxime groups is 1. The van der Waals surface area contributed by atoms with Gasteiger partial charge in [-0.25, -0.2) is 0 Å². The van der Waals surface area contributed by atoms with E-state index in [9.17, 15) is 30.3 Å². The van der Waals surface area contributed by atoms with Crippen molar-refractivity contribution in [1.82, 2.24) is 0 Å². The van der Waals surface area contributed by atoms with Crippen molar-refractivity contribution in [2.75, 3.05) is 0 Å². The molecule has 0 aliphatic heterocycles. The molecule has 60 heavy (non-hydrogen) atoms. The van der Waals surface area contributed by atoms with Gasteiger partial charge in [0.25, 0.3) is 11.4 Å². The fourth-order valence-corrected chi connectivity index (χ4v) is 5.64. The van der Waals surface area contributed by atoms with Crippen LogP contribution in [0.15, 0.2) is 168 Å². The standard InChI is InChI=1S/C16H14N2O.C15H13NO3.C8H9NO2.C8H7N.K.H2O/c1-2-12-10-14(8-9-16(12)18-19)15(11-17)13-6-4-3-5-7-13;1-2-11-10-13(8-9-14(11)16(18)19)15(17)12-6-4-3-5-7-12;1-2-7-5-3-4-6-8(7)9(10)11;9-7-6-8-4-2-1-3-5-8;;/h3-10,19H,2H2,1H3;3-10H,2H2,1H3;3-6H,2H2,1H3;1-5H,6H2;;1H2/q;;;;+1;/p-1/b15-14+,18-16-;;;;;. The first kappa shape index (κ1) is 51.9. The van der Waals surface area contributed by atoms with Gasteiger partial charge >= 0.3 is 51.4 Å². The minimum Gasteiger partial charge on any atom is -0.870 e. The average Bonchev–Trinajstić information content (AvgIpc) is 3.27. The second kappa shape index (κ2) is 28.3. The van der Waals surface area contributed by atoms with Crippen LogP contribution in [0.1, 0.15) is 65.4 Å². The number of aryl methyl sites for hydroxylation is 2. The van der Waals surface area contributed by atoms with Crippen molar-refractivity contribution >= 4 is 28.4 Å². The monoisotopic (exact) mass is 829 g/mol. The molecule has 0 atom stereocenters. The van der Waals surface area contributed by atoms with Gasteiger partial charge in [-0.2, -0.15) is 10.5 Å². The first-order valence-corrected chi connectivity index (χ1v) is 18.4. The SMILES string of the molecule is CCC1=CC(=C(\C#N)c2ccccc2)/C=CC/1=N/O.CCc1cc(C(=O)c2ccccc2)ccc1[N+](=O)[O-].CCc1ccccc1[N+](=O)[O-].N#CCc1ccccc1.[K+].[OH-]. The summed E-state index contributed by atoms with van der Waals surface area (Å²) in [7, 11) is 0. The van der Waals surface area contributed by atoms with E-state index >= 15 is 0 Å². The molecule has 1 aliphatic carbocycles. The number of allylic oxidation sites excluding steroid dienone is 6. The van der Waals surface area contributed by atoms with E-state index in [1.807, 2.05) is 99.6 Å². The molecule has 0 bridgehead atoms. The molecule has 0 aromatic heterocycles. The number of ketones is 1. The predicted molar refractivity (Wildman–Crippen MR) is 228 cm³/mol. The molecule has 0 unspecified atom stereocenters. The number of nitriles is 2. The van der Waals surface area contributed by atoms with Crippen LogP contribution in [0.25, 0.3) is 5.57 Å². The van der Waals surface area contributed by atoms with Gasteiger partial charge in [0.05, 0.1) is 27.9 Å². The second-order valence-electron chi connectivity index (χ2n) is 12.4. The Kier molecular flexibility index (Phi) is 24.5. The van der Waals surface area contributed by atoms with Crippen molar-refractivity contribution < 1.29 is 76.7 Å². The number of nitrogens with zero attached hydrogens (tertiary/aromatic N) is 5. The van der Waals surface area contributed by atoms with Crippen LogP contribution in [0.3, 0.4) is 0 Å². The molecule has 6 rings (SSSR count). The van der Waals surface area contributed by atoms with Gasteiger partial charge in [0.2, 0.25) is 0 Å². The topological polar surface area (TPSA) is 214 Å². The van der Waals surface area contributed by atoms with Crippen LogP contribution in [-0.4, -0.2) is 32.0 Å². The molecular formula is C47H44KN5O7. The Morgan fingerprint density at radius 3 is 1.67 bits per heavy atom.